The van der Waals surface area contributed by atoms with Gasteiger partial charge in [-0.15, -0.1) is 5.10 Å². The Hall–Kier alpha value is -3.06. The zero-order chi connectivity index (χ0) is 19.2. The summed E-state index contributed by atoms with van der Waals surface area (Å²) >= 11 is 0. The quantitative estimate of drug-likeness (QED) is 0.627. The molecule has 0 amide bonds. The predicted molar refractivity (Wildman–Crippen MR) is 98.4 cm³/mol. The van der Waals surface area contributed by atoms with Crippen molar-refractivity contribution in [1.29, 1.82) is 0 Å². The summed E-state index contributed by atoms with van der Waals surface area (Å²) < 4.78 is 30.6. The van der Waals surface area contributed by atoms with E-state index in [9.17, 15) is 9.50 Å². The Labute approximate surface area is 156 Å². The Morgan fingerprint density at radius 1 is 1.15 bits per heavy atom. The van der Waals surface area contributed by atoms with Crippen LogP contribution in [0.4, 0.5) is 4.39 Å². The van der Waals surface area contributed by atoms with Gasteiger partial charge in [-0.3, -0.25) is 5.10 Å². The fourth-order valence-corrected chi connectivity index (χ4v) is 2.62. The van der Waals surface area contributed by atoms with Gasteiger partial charge in [0.2, 0.25) is 5.88 Å². The van der Waals surface area contributed by atoms with Gasteiger partial charge >= 0.3 is 0 Å². The summed E-state index contributed by atoms with van der Waals surface area (Å²) in [7, 11) is 1.60. The first-order valence-electron chi connectivity index (χ1n) is 8.47. The molecule has 1 aromatic heterocycles. The van der Waals surface area contributed by atoms with Crippen LogP contribution < -0.4 is 9.47 Å². The second-order valence-electron chi connectivity index (χ2n) is 6.10. The highest BCUT2D eigenvalue weighted by Crippen LogP contribution is 2.31. The lowest BCUT2D eigenvalue weighted by molar-refractivity contribution is 0.0919. The molecule has 0 bridgehead atoms. The molecule has 2 N–H and O–H groups in total. The molecule has 1 atom stereocenters. The first kappa shape index (κ1) is 18.7. The van der Waals surface area contributed by atoms with Crippen LogP contribution in [0.25, 0.3) is 11.3 Å². The minimum Gasteiger partial charge on any atom is -0.492 e. The van der Waals surface area contributed by atoms with Crippen LogP contribution in [-0.4, -0.2) is 35.1 Å². The van der Waals surface area contributed by atoms with Gasteiger partial charge in [0, 0.05) is 30.4 Å². The maximum Gasteiger partial charge on any atom is 0.230 e. The molecule has 0 saturated heterocycles. The van der Waals surface area contributed by atoms with Gasteiger partial charge in [-0.1, -0.05) is 18.2 Å². The van der Waals surface area contributed by atoms with E-state index in [4.69, 9.17) is 14.2 Å². The molecule has 3 rings (SSSR count). The Bertz CT molecular complexity index is 897. The van der Waals surface area contributed by atoms with Crippen molar-refractivity contribution in [2.45, 2.75) is 19.6 Å². The summed E-state index contributed by atoms with van der Waals surface area (Å²) in [6.45, 7) is 2.40. The predicted octanol–water partition coefficient (Wildman–Crippen LogP) is 3.91. The van der Waals surface area contributed by atoms with Crippen molar-refractivity contribution < 1.29 is 23.7 Å². The van der Waals surface area contributed by atoms with E-state index in [2.05, 4.69) is 10.2 Å². The second-order valence-corrected chi connectivity index (χ2v) is 6.10. The first-order valence-corrected chi connectivity index (χ1v) is 8.47. The lowest BCUT2D eigenvalue weighted by Crippen LogP contribution is -2.18. The average molecular weight is 372 g/mol. The Balaban J connectivity index is 1.86. The zero-order valence-corrected chi connectivity index (χ0v) is 15.1. The number of aromatic nitrogens is 2. The van der Waals surface area contributed by atoms with Crippen molar-refractivity contribution >= 4 is 0 Å². The number of ether oxygens (including phenoxy) is 3. The highest BCUT2D eigenvalue weighted by Gasteiger charge is 2.11. The number of hydrogen-bond acceptors (Lipinski definition) is 5. The summed E-state index contributed by atoms with van der Waals surface area (Å²) in [6.07, 6.45) is -0.167. The van der Waals surface area contributed by atoms with Gasteiger partial charge < -0.3 is 19.3 Å². The molecule has 0 spiro atoms. The molecule has 7 heteroatoms. The van der Waals surface area contributed by atoms with E-state index in [0.717, 1.165) is 0 Å². The van der Waals surface area contributed by atoms with Crippen molar-refractivity contribution in [3.05, 3.63) is 59.9 Å². The number of aromatic hydroxyl groups is 1. The average Bonchev–Trinajstić information content (AvgIpc) is 3.07. The van der Waals surface area contributed by atoms with Crippen LogP contribution >= 0.6 is 0 Å². The minimum atomic E-state index is -0.322. The van der Waals surface area contributed by atoms with Crippen molar-refractivity contribution in [1.82, 2.24) is 10.2 Å². The fourth-order valence-electron chi connectivity index (χ4n) is 2.62. The van der Waals surface area contributed by atoms with Gasteiger partial charge in [0.1, 0.15) is 30.0 Å². The SMILES string of the molecule is COCC(C)Oc1cc(OCc2ccccc2F)cc(-c2cc(O)n[nH]2)c1. The van der Waals surface area contributed by atoms with Gasteiger partial charge in [0.25, 0.3) is 0 Å². The number of halogens is 1. The minimum absolute atomic E-state index is 0.0808. The van der Waals surface area contributed by atoms with Crippen molar-refractivity contribution in [2.75, 3.05) is 13.7 Å². The smallest absolute Gasteiger partial charge is 0.230 e. The molecular formula is C20H21FN2O4. The normalized spacial score (nSPS) is 12.0. The number of nitrogens with zero attached hydrogens (tertiary/aromatic N) is 1. The van der Waals surface area contributed by atoms with Gasteiger partial charge in [0.05, 0.1) is 12.3 Å². The number of rotatable bonds is 8. The maximum absolute atomic E-state index is 13.8. The van der Waals surface area contributed by atoms with E-state index in [0.29, 0.717) is 34.9 Å². The third-order valence-electron chi connectivity index (χ3n) is 3.85. The molecular weight excluding hydrogens is 351 g/mol. The van der Waals surface area contributed by atoms with E-state index < -0.39 is 0 Å². The zero-order valence-electron chi connectivity index (χ0n) is 15.1. The third-order valence-corrected chi connectivity index (χ3v) is 3.85. The number of nitrogens with one attached hydrogen (secondary N) is 1. The Morgan fingerprint density at radius 2 is 1.93 bits per heavy atom. The molecule has 0 aliphatic rings. The molecule has 0 fully saturated rings. The summed E-state index contributed by atoms with van der Waals surface area (Å²) in [4.78, 5) is 0. The molecule has 1 heterocycles. The highest BCUT2D eigenvalue weighted by atomic mass is 19.1. The van der Waals surface area contributed by atoms with Crippen molar-refractivity contribution in [3.8, 4) is 28.6 Å². The molecule has 3 aromatic rings. The molecule has 0 radical (unpaired) electrons. The summed E-state index contributed by atoms with van der Waals surface area (Å²) in [5, 5.41) is 16.0. The van der Waals surface area contributed by atoms with Gasteiger partial charge in [-0.05, 0) is 25.1 Å². The summed E-state index contributed by atoms with van der Waals surface area (Å²) in [6, 6.07) is 13.2. The molecule has 0 aliphatic heterocycles. The highest BCUT2D eigenvalue weighted by molar-refractivity contribution is 5.64. The molecule has 6 nitrogen and oxygen atoms in total. The number of H-pyrrole nitrogens is 1. The van der Waals surface area contributed by atoms with E-state index in [1.165, 1.54) is 12.1 Å². The Morgan fingerprint density at radius 3 is 2.63 bits per heavy atom. The molecule has 27 heavy (non-hydrogen) atoms. The van der Waals surface area contributed by atoms with Gasteiger partial charge in [0.15, 0.2) is 0 Å². The van der Waals surface area contributed by atoms with Crippen molar-refractivity contribution in [2.24, 2.45) is 0 Å². The van der Waals surface area contributed by atoms with Crippen LogP contribution in [-0.2, 0) is 11.3 Å². The topological polar surface area (TPSA) is 76.6 Å². The van der Waals surface area contributed by atoms with Gasteiger partial charge in [-0.25, -0.2) is 4.39 Å². The number of benzene rings is 2. The summed E-state index contributed by atoms with van der Waals surface area (Å²) in [5.41, 5.74) is 1.78. The molecule has 2 aromatic carbocycles. The molecule has 0 saturated carbocycles. The number of methoxy groups -OCH3 is 1. The lowest BCUT2D eigenvalue weighted by atomic mass is 10.1. The van der Waals surface area contributed by atoms with Crippen LogP contribution in [0, 0.1) is 5.82 Å². The fraction of sp³-hybridized carbons (Fsp3) is 0.250. The molecule has 142 valence electrons. The van der Waals surface area contributed by atoms with Crippen LogP contribution in [0.15, 0.2) is 48.5 Å². The third kappa shape index (κ3) is 4.98. The molecule has 0 aliphatic carbocycles. The van der Waals surface area contributed by atoms with Gasteiger partial charge in [-0.2, -0.15) is 0 Å². The van der Waals surface area contributed by atoms with Crippen LogP contribution in [0.3, 0.4) is 0 Å². The standard InChI is InChI=1S/C20H21FN2O4/c1-13(11-25-2)27-17-8-15(19-10-20(24)23-22-19)7-16(9-17)26-12-14-5-3-4-6-18(14)21/h3-10,13H,11-12H2,1-2H3,(H2,22,23,24). The van der Waals surface area contributed by atoms with Crippen LogP contribution in [0.5, 0.6) is 17.4 Å². The van der Waals surface area contributed by atoms with E-state index in [-0.39, 0.29) is 24.4 Å². The number of aromatic amines is 1. The first-order chi connectivity index (χ1) is 13.0. The van der Waals surface area contributed by atoms with Crippen LogP contribution in [0.1, 0.15) is 12.5 Å². The second kappa shape index (κ2) is 8.55. The van der Waals surface area contributed by atoms with E-state index in [1.807, 2.05) is 6.92 Å². The molecule has 1 unspecified atom stereocenters. The van der Waals surface area contributed by atoms with Crippen LogP contribution in [0.2, 0.25) is 0 Å². The summed E-state index contributed by atoms with van der Waals surface area (Å²) in [5.74, 6) is 0.634. The van der Waals surface area contributed by atoms with E-state index in [1.54, 1.807) is 43.5 Å². The maximum atomic E-state index is 13.8. The monoisotopic (exact) mass is 372 g/mol. The van der Waals surface area contributed by atoms with E-state index >= 15 is 0 Å². The Kier molecular flexibility index (Phi) is 5.93. The number of hydrogen-bond donors (Lipinski definition) is 2. The lowest BCUT2D eigenvalue weighted by Gasteiger charge is -2.16. The van der Waals surface area contributed by atoms with Crippen molar-refractivity contribution in [3.63, 3.8) is 0 Å². The largest absolute Gasteiger partial charge is 0.492 e.